The number of thiophene rings is 1. The van der Waals surface area contributed by atoms with Crippen molar-refractivity contribution in [2.24, 2.45) is 0 Å². The van der Waals surface area contributed by atoms with Gasteiger partial charge in [-0.2, -0.15) is 5.26 Å². The van der Waals surface area contributed by atoms with Crippen molar-refractivity contribution in [3.8, 4) is 6.07 Å². The quantitative estimate of drug-likeness (QED) is 0.354. The number of rotatable bonds is 3. The second-order valence-electron chi connectivity index (χ2n) is 3.96. The molecule has 7 heteroatoms. The van der Waals surface area contributed by atoms with Gasteiger partial charge in [0, 0.05) is 47.3 Å². The van der Waals surface area contributed by atoms with Crippen molar-refractivity contribution in [3.63, 3.8) is 0 Å². The van der Waals surface area contributed by atoms with Gasteiger partial charge in [-0.1, -0.05) is 6.07 Å². The van der Waals surface area contributed by atoms with E-state index < -0.39 is 6.10 Å². The van der Waals surface area contributed by atoms with E-state index in [1.54, 1.807) is 17.5 Å². The fourth-order valence-corrected chi connectivity index (χ4v) is 5.05. The van der Waals surface area contributed by atoms with Crippen LogP contribution in [-0.2, 0) is 4.18 Å². The molecule has 0 N–H and O–H groups in total. The van der Waals surface area contributed by atoms with E-state index in [-0.39, 0.29) is 0 Å². The molecule has 100 valence electrons. The summed E-state index contributed by atoms with van der Waals surface area (Å²) < 4.78 is 7.45. The lowest BCUT2D eigenvalue weighted by molar-refractivity contribution is 0.323. The maximum Gasteiger partial charge on any atom is 0.194 e. The number of halogens is 2. The van der Waals surface area contributed by atoms with Gasteiger partial charge >= 0.3 is 0 Å². The Balaban J connectivity index is 2.30. The second kappa shape index (κ2) is 6.15. The number of nitrogens with zero attached hydrogens (tertiary/aromatic N) is 2. The van der Waals surface area contributed by atoms with Crippen molar-refractivity contribution in [2.45, 2.75) is 6.10 Å². The van der Waals surface area contributed by atoms with Gasteiger partial charge in [-0.05, 0) is 34.1 Å². The summed E-state index contributed by atoms with van der Waals surface area (Å²) in [6.45, 7) is 0. The molecule has 20 heavy (non-hydrogen) atoms. The largest absolute Gasteiger partial charge is 0.281 e. The van der Waals surface area contributed by atoms with Crippen LogP contribution in [0.5, 0.6) is 0 Å². The molecule has 2 aromatic heterocycles. The van der Waals surface area contributed by atoms with Crippen LogP contribution in [0.2, 0.25) is 0 Å². The maximum absolute atomic E-state index is 9.26. The summed E-state index contributed by atoms with van der Waals surface area (Å²) in [7, 11) is 1.17. The van der Waals surface area contributed by atoms with Gasteiger partial charge in [0.15, 0.2) is 6.10 Å². The maximum atomic E-state index is 9.26. The Bertz CT molecular complexity index is 830. The Labute approximate surface area is 144 Å². The van der Waals surface area contributed by atoms with E-state index >= 15 is 0 Å². The van der Waals surface area contributed by atoms with Gasteiger partial charge in [0.2, 0.25) is 0 Å². The first-order valence-corrected chi connectivity index (χ1v) is 10.4. The SMILES string of the molecule is N#CC(OSI)c1sc2ccc3ncccc3c2c1Br. The first kappa shape index (κ1) is 14.5. The topological polar surface area (TPSA) is 45.9 Å². The number of aromatic nitrogens is 1. The van der Waals surface area contributed by atoms with Crippen molar-refractivity contribution in [3.05, 3.63) is 39.8 Å². The number of nitriles is 1. The van der Waals surface area contributed by atoms with E-state index in [0.29, 0.717) is 0 Å². The molecule has 0 fully saturated rings. The highest BCUT2D eigenvalue weighted by Gasteiger charge is 2.21. The first-order chi connectivity index (χ1) is 9.76. The van der Waals surface area contributed by atoms with Crippen LogP contribution in [0.15, 0.2) is 34.9 Å². The summed E-state index contributed by atoms with van der Waals surface area (Å²) in [6.07, 6.45) is 1.21. The average molecular weight is 477 g/mol. The van der Waals surface area contributed by atoms with Crippen LogP contribution in [0.3, 0.4) is 0 Å². The smallest absolute Gasteiger partial charge is 0.194 e. The molecule has 3 aromatic rings. The Hall–Kier alpha value is -0.400. The molecule has 0 saturated heterocycles. The molecule has 3 nitrogen and oxygen atoms in total. The number of hydrogen-bond acceptors (Lipinski definition) is 5. The van der Waals surface area contributed by atoms with E-state index in [4.69, 9.17) is 4.18 Å². The van der Waals surface area contributed by atoms with Gasteiger partial charge in [-0.3, -0.25) is 9.17 Å². The van der Waals surface area contributed by atoms with Gasteiger partial charge in [-0.25, -0.2) is 0 Å². The highest BCUT2D eigenvalue weighted by Crippen LogP contribution is 2.44. The van der Waals surface area contributed by atoms with Crippen LogP contribution in [-0.4, -0.2) is 4.98 Å². The Kier molecular flexibility index (Phi) is 4.47. The lowest BCUT2D eigenvalue weighted by Crippen LogP contribution is -1.92. The molecule has 2 heterocycles. The zero-order valence-corrected chi connectivity index (χ0v) is 15.2. The van der Waals surface area contributed by atoms with E-state index in [9.17, 15) is 5.26 Å². The molecule has 0 aliphatic heterocycles. The monoisotopic (exact) mass is 476 g/mol. The molecule has 1 atom stereocenters. The highest BCUT2D eigenvalue weighted by atomic mass is 127. The second-order valence-corrected chi connectivity index (χ2v) is 7.23. The van der Waals surface area contributed by atoms with E-state index in [1.165, 1.54) is 9.21 Å². The predicted octanol–water partition coefficient (Wildman–Crippen LogP) is 5.79. The summed E-state index contributed by atoms with van der Waals surface area (Å²) in [5.74, 6) is 0. The summed E-state index contributed by atoms with van der Waals surface area (Å²) in [4.78, 5) is 5.26. The fraction of sp³-hybridized carbons (Fsp3) is 0.0769. The summed E-state index contributed by atoms with van der Waals surface area (Å²) in [5, 5.41) is 11.4. The number of fused-ring (bicyclic) bond motifs is 3. The third-order valence-electron chi connectivity index (χ3n) is 2.89. The summed E-state index contributed by atoms with van der Waals surface area (Å²) in [5.41, 5.74) is 0.947. The van der Waals surface area contributed by atoms with Crippen LogP contribution in [0.25, 0.3) is 21.0 Å². The van der Waals surface area contributed by atoms with Crippen molar-refractivity contribution in [1.29, 1.82) is 5.26 Å². The standard InChI is InChI=1S/C13H6BrIN2OS2/c14-12-11-7-2-1-5-17-8(7)3-4-10(11)19-13(12)9(6-16)18-20-15/h1-5,9H. The zero-order chi connectivity index (χ0) is 14.1. The first-order valence-electron chi connectivity index (χ1n) is 5.55. The summed E-state index contributed by atoms with van der Waals surface area (Å²) >= 11 is 7.22. The van der Waals surface area contributed by atoms with Gasteiger partial charge in [0.1, 0.15) is 6.07 Å². The average Bonchev–Trinajstić information content (AvgIpc) is 2.82. The molecule has 1 unspecified atom stereocenters. The molecule has 1 aromatic carbocycles. The van der Waals surface area contributed by atoms with Crippen molar-refractivity contribution in [1.82, 2.24) is 4.98 Å². The fourth-order valence-electron chi connectivity index (χ4n) is 2.06. The number of benzene rings is 1. The molecule has 0 amide bonds. The molecular weight excluding hydrogens is 471 g/mol. The molecular formula is C13H6BrIN2OS2. The van der Waals surface area contributed by atoms with Crippen LogP contribution in [0.4, 0.5) is 0 Å². The van der Waals surface area contributed by atoms with E-state index in [2.05, 4.69) is 27.0 Å². The van der Waals surface area contributed by atoms with Crippen molar-refractivity contribution >= 4 is 78.7 Å². The molecule has 0 bridgehead atoms. The molecule has 0 spiro atoms. The summed E-state index contributed by atoms with van der Waals surface area (Å²) in [6, 6.07) is 10.2. The Morgan fingerprint density at radius 1 is 1.45 bits per heavy atom. The van der Waals surface area contributed by atoms with Crippen LogP contribution in [0, 0.1) is 11.3 Å². The van der Waals surface area contributed by atoms with Gasteiger partial charge in [-0.15, -0.1) is 11.3 Å². The van der Waals surface area contributed by atoms with Crippen LogP contribution in [0.1, 0.15) is 11.0 Å². The molecule has 0 aliphatic carbocycles. The number of hydrogen-bond donors (Lipinski definition) is 0. The van der Waals surface area contributed by atoms with Gasteiger partial charge in [0.05, 0.1) is 19.6 Å². The lowest BCUT2D eigenvalue weighted by Gasteiger charge is -2.04. The van der Waals surface area contributed by atoms with Crippen molar-refractivity contribution in [2.75, 3.05) is 0 Å². The molecule has 0 radical (unpaired) electrons. The third-order valence-corrected chi connectivity index (χ3v) is 6.06. The molecule has 0 aliphatic rings. The normalized spacial score (nSPS) is 12.7. The minimum Gasteiger partial charge on any atom is -0.281 e. The molecule has 0 saturated carbocycles. The number of pyridine rings is 1. The van der Waals surface area contributed by atoms with Gasteiger partial charge < -0.3 is 0 Å². The van der Waals surface area contributed by atoms with Crippen molar-refractivity contribution < 1.29 is 4.18 Å². The van der Waals surface area contributed by atoms with Gasteiger partial charge in [0.25, 0.3) is 0 Å². The van der Waals surface area contributed by atoms with Crippen LogP contribution >= 0.6 is 57.7 Å². The minimum atomic E-state index is -0.574. The highest BCUT2D eigenvalue weighted by molar-refractivity contribution is 14.2. The molecule has 3 rings (SSSR count). The lowest BCUT2D eigenvalue weighted by atomic mass is 10.1. The Morgan fingerprint density at radius 2 is 2.30 bits per heavy atom. The third kappa shape index (κ3) is 2.44. The Morgan fingerprint density at radius 3 is 3.05 bits per heavy atom. The predicted molar refractivity (Wildman–Crippen MR) is 95.9 cm³/mol. The van der Waals surface area contributed by atoms with Crippen LogP contribution < -0.4 is 0 Å². The minimum absolute atomic E-state index is 0.574. The van der Waals surface area contributed by atoms with E-state index in [0.717, 1.165) is 30.3 Å². The van der Waals surface area contributed by atoms with E-state index in [1.807, 2.05) is 45.5 Å². The zero-order valence-electron chi connectivity index (χ0n) is 9.84.